The average Bonchev–Trinajstić information content (AvgIpc) is 2.47. The zero-order valence-electron chi connectivity index (χ0n) is 12.0. The molecule has 0 aliphatic rings. The summed E-state index contributed by atoms with van der Waals surface area (Å²) in [5.74, 6) is 0.831. The van der Waals surface area contributed by atoms with Crippen LogP contribution in [0.4, 0.5) is 4.39 Å². The third-order valence-corrected chi connectivity index (χ3v) is 3.10. The van der Waals surface area contributed by atoms with Gasteiger partial charge in [-0.1, -0.05) is 12.1 Å². The molecular weight excluding hydrogens is 273 g/mol. The maximum absolute atomic E-state index is 13.9. The molecule has 0 fully saturated rings. The predicted molar refractivity (Wildman–Crippen MR) is 78.0 cm³/mol. The van der Waals surface area contributed by atoms with Crippen LogP contribution in [0.25, 0.3) is 0 Å². The van der Waals surface area contributed by atoms with Crippen molar-refractivity contribution < 1.29 is 19.0 Å². The summed E-state index contributed by atoms with van der Waals surface area (Å²) in [5.41, 5.74) is 6.81. The van der Waals surface area contributed by atoms with E-state index in [-0.39, 0.29) is 6.61 Å². The first-order valence-corrected chi connectivity index (χ1v) is 6.56. The molecule has 0 aromatic heterocycles. The smallest absolute Gasteiger partial charge is 0.169 e. The molecule has 0 heterocycles. The van der Waals surface area contributed by atoms with Crippen LogP contribution in [0, 0.1) is 5.82 Å². The molecule has 112 valence electrons. The van der Waals surface area contributed by atoms with Crippen LogP contribution >= 0.6 is 0 Å². The third-order valence-electron chi connectivity index (χ3n) is 3.10. The second-order valence-electron chi connectivity index (χ2n) is 4.69. The molecule has 2 rings (SSSR count). The molecule has 2 aromatic rings. The number of hydrogen-bond donors (Lipinski definition) is 2. The number of methoxy groups -OCH3 is 1. The fraction of sp³-hybridized carbons (Fsp3) is 0.250. The van der Waals surface area contributed by atoms with Gasteiger partial charge < -0.3 is 20.3 Å². The Balaban J connectivity index is 2.41. The van der Waals surface area contributed by atoms with Crippen molar-refractivity contribution in [3.63, 3.8) is 0 Å². The molecule has 1 atom stereocenters. The molecule has 2 aromatic carbocycles. The van der Waals surface area contributed by atoms with Crippen LogP contribution in [-0.4, -0.2) is 12.2 Å². The summed E-state index contributed by atoms with van der Waals surface area (Å²) >= 11 is 0. The van der Waals surface area contributed by atoms with Crippen LogP contribution in [0.15, 0.2) is 36.4 Å². The highest BCUT2D eigenvalue weighted by atomic mass is 19.1. The normalized spacial score (nSPS) is 12.0. The third kappa shape index (κ3) is 3.32. The molecule has 0 bridgehead atoms. The van der Waals surface area contributed by atoms with E-state index in [1.54, 1.807) is 37.3 Å². The Morgan fingerprint density at radius 1 is 1.19 bits per heavy atom. The topological polar surface area (TPSA) is 64.7 Å². The molecular formula is C16H18FNO3. The molecule has 0 amide bonds. The number of halogens is 1. The number of aliphatic hydroxyl groups is 1. The van der Waals surface area contributed by atoms with E-state index in [2.05, 4.69) is 0 Å². The van der Waals surface area contributed by atoms with Crippen LogP contribution in [0.5, 0.6) is 17.2 Å². The molecule has 0 saturated carbocycles. The van der Waals surface area contributed by atoms with E-state index in [1.165, 1.54) is 13.2 Å². The van der Waals surface area contributed by atoms with E-state index < -0.39 is 11.9 Å². The molecule has 0 spiro atoms. The summed E-state index contributed by atoms with van der Waals surface area (Å²) < 4.78 is 24.9. The van der Waals surface area contributed by atoms with E-state index in [0.717, 1.165) is 0 Å². The van der Waals surface area contributed by atoms with Crippen LogP contribution in [0.2, 0.25) is 0 Å². The van der Waals surface area contributed by atoms with Gasteiger partial charge in [0.2, 0.25) is 0 Å². The Labute approximate surface area is 122 Å². The van der Waals surface area contributed by atoms with Gasteiger partial charge in [0.05, 0.1) is 13.7 Å². The van der Waals surface area contributed by atoms with Gasteiger partial charge >= 0.3 is 0 Å². The highest BCUT2D eigenvalue weighted by Crippen LogP contribution is 2.36. The van der Waals surface area contributed by atoms with Crippen LogP contribution in [0.3, 0.4) is 0 Å². The molecule has 0 aliphatic carbocycles. The largest absolute Gasteiger partial charge is 0.493 e. The number of hydrogen-bond acceptors (Lipinski definition) is 4. The number of aliphatic hydroxyl groups excluding tert-OH is 1. The van der Waals surface area contributed by atoms with E-state index in [0.29, 0.717) is 28.4 Å². The van der Waals surface area contributed by atoms with Gasteiger partial charge in [0.25, 0.3) is 0 Å². The van der Waals surface area contributed by atoms with Gasteiger partial charge in [-0.2, -0.15) is 0 Å². The predicted octanol–water partition coefficient (Wildman–Crippen LogP) is 3.14. The Bertz CT molecular complexity index is 629. The maximum atomic E-state index is 13.9. The number of ether oxygens (including phenoxy) is 2. The zero-order valence-corrected chi connectivity index (χ0v) is 12.0. The Hall–Kier alpha value is -2.11. The van der Waals surface area contributed by atoms with Gasteiger partial charge in [0.15, 0.2) is 11.5 Å². The van der Waals surface area contributed by atoms with Crippen LogP contribution < -0.4 is 15.2 Å². The second-order valence-corrected chi connectivity index (χ2v) is 4.69. The van der Waals surface area contributed by atoms with E-state index in [1.807, 2.05) is 0 Å². The number of benzene rings is 2. The van der Waals surface area contributed by atoms with Gasteiger partial charge in [-0.15, -0.1) is 0 Å². The minimum atomic E-state index is -0.496. The zero-order chi connectivity index (χ0) is 15.4. The van der Waals surface area contributed by atoms with Crippen LogP contribution in [0.1, 0.15) is 24.1 Å². The molecule has 21 heavy (non-hydrogen) atoms. The summed E-state index contributed by atoms with van der Waals surface area (Å²) in [7, 11) is 1.50. The van der Waals surface area contributed by atoms with Crippen molar-refractivity contribution in [3.8, 4) is 17.2 Å². The van der Waals surface area contributed by atoms with Crippen molar-refractivity contribution >= 4 is 0 Å². The summed E-state index contributed by atoms with van der Waals surface area (Å²) in [6.07, 6.45) is 0. The lowest BCUT2D eigenvalue weighted by Crippen LogP contribution is -2.09. The Morgan fingerprint density at radius 3 is 2.57 bits per heavy atom. The first-order valence-electron chi connectivity index (χ1n) is 6.56. The molecule has 0 saturated heterocycles. The summed E-state index contributed by atoms with van der Waals surface area (Å²) in [5, 5.41) is 9.13. The Kier molecular flexibility index (Phi) is 4.77. The first-order chi connectivity index (χ1) is 10.1. The lowest BCUT2D eigenvalue weighted by molar-refractivity contribution is 0.280. The minimum Gasteiger partial charge on any atom is -0.493 e. The Morgan fingerprint density at radius 2 is 1.95 bits per heavy atom. The van der Waals surface area contributed by atoms with Gasteiger partial charge in [0, 0.05) is 11.6 Å². The highest BCUT2D eigenvalue weighted by Gasteiger charge is 2.16. The minimum absolute atomic E-state index is 0.0955. The molecule has 3 N–H and O–H groups in total. The lowest BCUT2D eigenvalue weighted by atomic mass is 10.1. The van der Waals surface area contributed by atoms with Crippen LogP contribution in [-0.2, 0) is 6.61 Å². The van der Waals surface area contributed by atoms with Crippen molar-refractivity contribution in [2.75, 3.05) is 7.11 Å². The van der Waals surface area contributed by atoms with Gasteiger partial charge in [0.1, 0.15) is 11.6 Å². The summed E-state index contributed by atoms with van der Waals surface area (Å²) in [6.45, 7) is 1.60. The SMILES string of the molecule is COc1cc(CO)ccc1Oc1cccc(F)c1[C@@H](C)N. The van der Waals surface area contributed by atoms with Crippen molar-refractivity contribution in [2.45, 2.75) is 19.6 Å². The fourth-order valence-electron chi connectivity index (χ4n) is 2.06. The molecule has 0 unspecified atom stereocenters. The quantitative estimate of drug-likeness (QED) is 0.888. The van der Waals surface area contributed by atoms with E-state index in [9.17, 15) is 4.39 Å². The average molecular weight is 291 g/mol. The van der Waals surface area contributed by atoms with Crippen molar-refractivity contribution in [1.29, 1.82) is 0 Å². The number of rotatable bonds is 5. The van der Waals surface area contributed by atoms with E-state index >= 15 is 0 Å². The fourth-order valence-corrected chi connectivity index (χ4v) is 2.06. The molecule has 0 aliphatic heterocycles. The van der Waals surface area contributed by atoms with Gasteiger partial charge in [-0.05, 0) is 36.8 Å². The summed E-state index contributed by atoms with van der Waals surface area (Å²) in [6, 6.07) is 9.11. The number of nitrogens with two attached hydrogens (primary N) is 1. The molecule has 0 radical (unpaired) electrons. The monoisotopic (exact) mass is 291 g/mol. The maximum Gasteiger partial charge on any atom is 0.169 e. The lowest BCUT2D eigenvalue weighted by Gasteiger charge is -2.16. The first kappa shape index (κ1) is 15.3. The molecule has 4 nitrogen and oxygen atoms in total. The highest BCUT2D eigenvalue weighted by molar-refractivity contribution is 5.47. The molecule has 5 heteroatoms. The van der Waals surface area contributed by atoms with Crippen molar-refractivity contribution in [1.82, 2.24) is 0 Å². The van der Waals surface area contributed by atoms with Gasteiger partial charge in [-0.25, -0.2) is 4.39 Å². The standard InChI is InChI=1S/C16H18FNO3/c1-10(18)16-12(17)4-3-5-14(16)21-13-7-6-11(9-19)8-15(13)20-2/h3-8,10,19H,9,18H2,1-2H3/t10-/m1/s1. The second kappa shape index (κ2) is 6.56. The summed E-state index contributed by atoms with van der Waals surface area (Å²) in [4.78, 5) is 0. The van der Waals surface area contributed by atoms with E-state index in [4.69, 9.17) is 20.3 Å². The van der Waals surface area contributed by atoms with Crippen molar-refractivity contribution in [3.05, 3.63) is 53.3 Å². The van der Waals surface area contributed by atoms with Gasteiger partial charge in [-0.3, -0.25) is 0 Å². The van der Waals surface area contributed by atoms with Crippen molar-refractivity contribution in [2.24, 2.45) is 5.73 Å².